The Bertz CT molecular complexity index is 836. The summed E-state index contributed by atoms with van der Waals surface area (Å²) in [6.07, 6.45) is 0. The number of hydrogen-bond donors (Lipinski definition) is 2. The molecule has 2 aromatic carbocycles. The molecule has 0 aromatic heterocycles. The highest BCUT2D eigenvalue weighted by Gasteiger charge is 2.14. The molecule has 0 bridgehead atoms. The van der Waals surface area contributed by atoms with E-state index in [2.05, 4.69) is 10.0 Å². The van der Waals surface area contributed by atoms with Gasteiger partial charge < -0.3 is 14.8 Å². The van der Waals surface area contributed by atoms with Gasteiger partial charge in [0.25, 0.3) is 5.91 Å². The van der Waals surface area contributed by atoms with Gasteiger partial charge in [-0.1, -0.05) is 18.2 Å². The lowest BCUT2D eigenvalue weighted by atomic mass is 10.2. The lowest BCUT2D eigenvalue weighted by molar-refractivity contribution is 0.0946. The minimum atomic E-state index is -3.59. The number of amides is 1. The summed E-state index contributed by atoms with van der Waals surface area (Å²) in [4.78, 5) is 12.2. The summed E-state index contributed by atoms with van der Waals surface area (Å²) in [7, 11) is -0.723. The van der Waals surface area contributed by atoms with Crippen LogP contribution in [0.3, 0.4) is 0 Å². The minimum absolute atomic E-state index is 0.0351. The molecule has 2 rings (SSSR count). The van der Waals surface area contributed by atoms with Crippen LogP contribution in [-0.4, -0.2) is 41.6 Å². The number of benzene rings is 2. The summed E-state index contributed by atoms with van der Waals surface area (Å²) in [6, 6.07) is 13.0. The van der Waals surface area contributed by atoms with Crippen LogP contribution >= 0.6 is 0 Å². The van der Waals surface area contributed by atoms with Crippen molar-refractivity contribution in [2.45, 2.75) is 4.90 Å². The molecule has 2 aromatic rings. The van der Waals surface area contributed by atoms with Crippen molar-refractivity contribution < 1.29 is 22.7 Å². The van der Waals surface area contributed by atoms with Crippen LogP contribution in [0.2, 0.25) is 0 Å². The van der Waals surface area contributed by atoms with Gasteiger partial charge in [0.05, 0.1) is 18.6 Å². The Morgan fingerprint density at radius 2 is 1.80 bits per heavy atom. The Labute approximate surface area is 147 Å². The topological polar surface area (TPSA) is 93.7 Å². The van der Waals surface area contributed by atoms with Crippen LogP contribution in [0.1, 0.15) is 10.4 Å². The molecule has 0 aliphatic rings. The maximum Gasteiger partial charge on any atom is 0.251 e. The summed E-state index contributed by atoms with van der Waals surface area (Å²) in [6.45, 7) is 0.514. The first-order valence-electron chi connectivity index (χ1n) is 7.55. The first kappa shape index (κ1) is 18.8. The normalized spacial score (nSPS) is 11.0. The molecule has 134 valence electrons. The van der Waals surface area contributed by atoms with Crippen LogP contribution in [0.5, 0.6) is 11.5 Å². The molecule has 1 amide bonds. The number of carbonyl (C=O) groups excluding carboxylic acids is 1. The third kappa shape index (κ3) is 4.94. The first-order chi connectivity index (χ1) is 12.0. The summed E-state index contributed by atoms with van der Waals surface area (Å²) in [5.74, 6) is 0.817. The number of nitrogens with one attached hydrogen (secondary N) is 2. The van der Waals surface area contributed by atoms with Crippen LogP contribution in [0.15, 0.2) is 53.4 Å². The van der Waals surface area contributed by atoms with E-state index in [1.165, 1.54) is 25.2 Å². The van der Waals surface area contributed by atoms with Crippen LogP contribution in [0.25, 0.3) is 0 Å². The molecule has 8 heteroatoms. The maximum absolute atomic E-state index is 12.1. The van der Waals surface area contributed by atoms with E-state index in [0.717, 1.165) is 0 Å². The SMILES string of the molecule is CNS(=O)(=O)c1cccc(C(=O)NCCOc2ccccc2OC)c1. The second-order valence-electron chi connectivity index (χ2n) is 4.99. The van der Waals surface area contributed by atoms with Crippen molar-refractivity contribution in [2.24, 2.45) is 0 Å². The van der Waals surface area contributed by atoms with E-state index >= 15 is 0 Å². The fraction of sp³-hybridized carbons (Fsp3) is 0.235. The number of rotatable bonds is 8. The third-order valence-electron chi connectivity index (χ3n) is 3.39. The molecule has 0 aliphatic carbocycles. The van der Waals surface area contributed by atoms with Gasteiger partial charge in [-0.25, -0.2) is 13.1 Å². The van der Waals surface area contributed by atoms with Gasteiger partial charge in [-0.05, 0) is 37.4 Å². The van der Waals surface area contributed by atoms with Crippen LogP contribution in [-0.2, 0) is 10.0 Å². The molecule has 0 saturated heterocycles. The fourth-order valence-corrected chi connectivity index (χ4v) is 2.86. The zero-order chi connectivity index (χ0) is 18.3. The number of carbonyl (C=O) groups is 1. The molecule has 0 radical (unpaired) electrons. The number of hydrogen-bond acceptors (Lipinski definition) is 5. The molecule has 0 saturated carbocycles. The summed E-state index contributed by atoms with van der Waals surface area (Å²) in [5.41, 5.74) is 0.258. The number of methoxy groups -OCH3 is 1. The van der Waals surface area contributed by atoms with Crippen LogP contribution < -0.4 is 19.5 Å². The van der Waals surface area contributed by atoms with Crippen molar-refractivity contribution in [1.82, 2.24) is 10.0 Å². The molecule has 0 heterocycles. The molecular weight excluding hydrogens is 344 g/mol. The molecule has 0 fully saturated rings. The smallest absolute Gasteiger partial charge is 0.251 e. The minimum Gasteiger partial charge on any atom is -0.493 e. The van der Waals surface area contributed by atoms with Crippen LogP contribution in [0.4, 0.5) is 0 Å². The van der Waals surface area contributed by atoms with Gasteiger partial charge in [0.2, 0.25) is 10.0 Å². The molecule has 25 heavy (non-hydrogen) atoms. The van der Waals surface area contributed by atoms with E-state index in [1.807, 2.05) is 12.1 Å². The summed E-state index contributed by atoms with van der Waals surface area (Å²) in [5, 5.41) is 2.68. The van der Waals surface area contributed by atoms with Gasteiger partial charge in [-0.15, -0.1) is 0 Å². The zero-order valence-corrected chi connectivity index (χ0v) is 14.8. The maximum atomic E-state index is 12.1. The Hall–Kier alpha value is -2.58. The Balaban J connectivity index is 1.92. The predicted molar refractivity (Wildman–Crippen MR) is 93.5 cm³/mol. The van der Waals surface area contributed by atoms with E-state index in [-0.39, 0.29) is 29.5 Å². The van der Waals surface area contributed by atoms with Crippen molar-refractivity contribution in [1.29, 1.82) is 0 Å². The standard InChI is InChI=1S/C17H20N2O5S/c1-18-25(21,22)14-7-5-6-13(12-14)17(20)19-10-11-24-16-9-4-3-8-15(16)23-2/h3-9,12,18H,10-11H2,1-2H3,(H,19,20). The highest BCUT2D eigenvalue weighted by Crippen LogP contribution is 2.25. The van der Waals surface area contributed by atoms with E-state index in [9.17, 15) is 13.2 Å². The van der Waals surface area contributed by atoms with Crippen molar-refractivity contribution in [3.8, 4) is 11.5 Å². The number of ether oxygens (including phenoxy) is 2. The van der Waals surface area contributed by atoms with Gasteiger partial charge in [-0.3, -0.25) is 4.79 Å². The highest BCUT2D eigenvalue weighted by atomic mass is 32.2. The lowest BCUT2D eigenvalue weighted by Crippen LogP contribution is -2.28. The molecule has 0 atom stereocenters. The fourth-order valence-electron chi connectivity index (χ4n) is 2.09. The van der Waals surface area contributed by atoms with Gasteiger partial charge in [0.1, 0.15) is 6.61 Å². The summed E-state index contributed by atoms with van der Waals surface area (Å²) >= 11 is 0. The van der Waals surface area contributed by atoms with E-state index in [4.69, 9.17) is 9.47 Å². The average Bonchev–Trinajstić information content (AvgIpc) is 2.65. The van der Waals surface area contributed by atoms with Gasteiger partial charge >= 0.3 is 0 Å². The first-order valence-corrected chi connectivity index (χ1v) is 9.04. The predicted octanol–water partition coefficient (Wildman–Crippen LogP) is 1.41. The number of para-hydroxylation sites is 2. The molecule has 0 spiro atoms. The van der Waals surface area contributed by atoms with Gasteiger partial charge in [0.15, 0.2) is 11.5 Å². The van der Waals surface area contributed by atoms with Crippen molar-refractivity contribution >= 4 is 15.9 Å². The molecular formula is C17H20N2O5S. The highest BCUT2D eigenvalue weighted by molar-refractivity contribution is 7.89. The lowest BCUT2D eigenvalue weighted by Gasteiger charge is -2.11. The van der Waals surface area contributed by atoms with Gasteiger partial charge in [0, 0.05) is 5.56 Å². The second kappa shape index (κ2) is 8.50. The molecule has 2 N–H and O–H groups in total. The summed E-state index contributed by atoms with van der Waals surface area (Å²) < 4.78 is 36.5. The van der Waals surface area contributed by atoms with Crippen molar-refractivity contribution in [2.75, 3.05) is 27.3 Å². The Kier molecular flexibility index (Phi) is 6.37. The largest absolute Gasteiger partial charge is 0.493 e. The van der Waals surface area contributed by atoms with Crippen molar-refractivity contribution in [3.63, 3.8) is 0 Å². The van der Waals surface area contributed by atoms with E-state index in [0.29, 0.717) is 11.5 Å². The molecule has 0 aliphatic heterocycles. The Morgan fingerprint density at radius 3 is 2.48 bits per heavy atom. The quantitative estimate of drug-likeness (QED) is 0.691. The number of sulfonamides is 1. The third-order valence-corrected chi connectivity index (χ3v) is 4.80. The van der Waals surface area contributed by atoms with Crippen LogP contribution in [0, 0.1) is 0 Å². The molecule has 7 nitrogen and oxygen atoms in total. The van der Waals surface area contributed by atoms with E-state index in [1.54, 1.807) is 25.3 Å². The Morgan fingerprint density at radius 1 is 1.08 bits per heavy atom. The van der Waals surface area contributed by atoms with Gasteiger partial charge in [-0.2, -0.15) is 0 Å². The second-order valence-corrected chi connectivity index (χ2v) is 6.88. The monoisotopic (exact) mass is 364 g/mol. The average molecular weight is 364 g/mol. The zero-order valence-electron chi connectivity index (χ0n) is 14.0. The molecule has 0 unspecified atom stereocenters. The van der Waals surface area contributed by atoms with E-state index < -0.39 is 10.0 Å². The van der Waals surface area contributed by atoms with Crippen molar-refractivity contribution in [3.05, 3.63) is 54.1 Å².